The topological polar surface area (TPSA) is 37.3 Å². The second kappa shape index (κ2) is 5.05. The van der Waals surface area contributed by atoms with E-state index in [1.807, 2.05) is 56.3 Å². The van der Waals surface area contributed by atoms with E-state index in [0.29, 0.717) is 5.56 Å². The number of carboxylic acids is 1. The maximum Gasteiger partial charge on any atom is 0.335 e. The monoisotopic (exact) mass is 240 g/mol. The average Bonchev–Trinajstić information content (AvgIpc) is 2.38. The van der Waals surface area contributed by atoms with Gasteiger partial charge in [-0.15, -0.1) is 0 Å². The van der Waals surface area contributed by atoms with E-state index in [0.717, 1.165) is 16.7 Å². The molecule has 0 spiro atoms. The van der Waals surface area contributed by atoms with Crippen LogP contribution in [0.1, 0.15) is 39.9 Å². The highest BCUT2D eigenvalue weighted by atomic mass is 16.4. The van der Waals surface area contributed by atoms with Crippen molar-refractivity contribution in [1.82, 2.24) is 0 Å². The number of hydrogen-bond acceptors (Lipinski definition) is 1. The Bertz CT molecular complexity index is 559. The molecule has 0 bridgehead atoms. The van der Waals surface area contributed by atoms with E-state index in [9.17, 15) is 9.90 Å². The van der Waals surface area contributed by atoms with E-state index in [4.69, 9.17) is 0 Å². The molecule has 0 fully saturated rings. The Balaban J connectivity index is 2.50. The Morgan fingerprint density at radius 1 is 1.11 bits per heavy atom. The zero-order valence-corrected chi connectivity index (χ0v) is 10.6. The highest BCUT2D eigenvalue weighted by Crippen LogP contribution is 2.27. The second-order valence-corrected chi connectivity index (χ2v) is 4.53. The van der Waals surface area contributed by atoms with E-state index in [-0.39, 0.29) is 5.92 Å². The molecule has 0 aliphatic carbocycles. The predicted molar refractivity (Wildman–Crippen MR) is 72.1 cm³/mol. The van der Waals surface area contributed by atoms with Crippen molar-refractivity contribution in [2.24, 2.45) is 0 Å². The van der Waals surface area contributed by atoms with Crippen molar-refractivity contribution < 1.29 is 9.90 Å². The highest BCUT2D eigenvalue weighted by Gasteiger charge is 2.16. The Morgan fingerprint density at radius 2 is 1.78 bits per heavy atom. The normalized spacial score (nSPS) is 12.1. The largest absolute Gasteiger partial charge is 0.478 e. The van der Waals surface area contributed by atoms with Crippen LogP contribution in [-0.2, 0) is 0 Å². The first-order valence-electron chi connectivity index (χ1n) is 5.98. The zero-order chi connectivity index (χ0) is 13.1. The first-order valence-corrected chi connectivity index (χ1v) is 5.98. The second-order valence-electron chi connectivity index (χ2n) is 4.53. The van der Waals surface area contributed by atoms with Gasteiger partial charge in [0, 0.05) is 5.92 Å². The van der Waals surface area contributed by atoms with Gasteiger partial charge in [-0.25, -0.2) is 4.79 Å². The van der Waals surface area contributed by atoms with Crippen molar-refractivity contribution in [3.05, 3.63) is 70.8 Å². The molecular weight excluding hydrogens is 224 g/mol. The number of aryl methyl sites for hydroxylation is 1. The van der Waals surface area contributed by atoms with Crippen LogP contribution in [0, 0.1) is 6.92 Å². The molecule has 2 rings (SSSR count). The molecule has 0 radical (unpaired) electrons. The van der Waals surface area contributed by atoms with Gasteiger partial charge < -0.3 is 5.11 Å². The summed E-state index contributed by atoms with van der Waals surface area (Å²) in [4.78, 5) is 11.3. The number of rotatable bonds is 3. The molecule has 1 N–H and O–H groups in total. The van der Waals surface area contributed by atoms with Crippen molar-refractivity contribution in [2.75, 3.05) is 0 Å². The summed E-state index contributed by atoms with van der Waals surface area (Å²) in [6.45, 7) is 4.02. The van der Waals surface area contributed by atoms with Crippen LogP contribution in [0.15, 0.2) is 48.5 Å². The number of aromatic carboxylic acids is 1. The first-order chi connectivity index (χ1) is 8.59. The van der Waals surface area contributed by atoms with Crippen LogP contribution < -0.4 is 0 Å². The molecule has 2 nitrogen and oxygen atoms in total. The third-order valence-corrected chi connectivity index (χ3v) is 3.20. The van der Waals surface area contributed by atoms with Crippen LogP contribution in [0.5, 0.6) is 0 Å². The van der Waals surface area contributed by atoms with Gasteiger partial charge in [0.25, 0.3) is 0 Å². The summed E-state index contributed by atoms with van der Waals surface area (Å²) >= 11 is 0. The molecule has 92 valence electrons. The lowest BCUT2D eigenvalue weighted by atomic mass is 9.88. The van der Waals surface area contributed by atoms with Crippen LogP contribution in [0.4, 0.5) is 0 Å². The zero-order valence-electron chi connectivity index (χ0n) is 10.6. The SMILES string of the molecule is Cc1ccc(C(=O)O)c(C(C)c2ccccc2)c1. The Hall–Kier alpha value is -2.09. The third-order valence-electron chi connectivity index (χ3n) is 3.20. The van der Waals surface area contributed by atoms with Crippen molar-refractivity contribution >= 4 is 5.97 Å². The minimum Gasteiger partial charge on any atom is -0.478 e. The van der Waals surface area contributed by atoms with E-state index in [1.54, 1.807) is 6.07 Å². The molecule has 0 saturated carbocycles. The lowest BCUT2D eigenvalue weighted by Gasteiger charge is -2.15. The molecule has 1 unspecified atom stereocenters. The van der Waals surface area contributed by atoms with Gasteiger partial charge in [-0.1, -0.05) is 55.0 Å². The van der Waals surface area contributed by atoms with Crippen LogP contribution in [0.3, 0.4) is 0 Å². The number of carbonyl (C=O) groups is 1. The van der Waals surface area contributed by atoms with Gasteiger partial charge in [-0.05, 0) is 24.1 Å². The summed E-state index contributed by atoms with van der Waals surface area (Å²) in [7, 11) is 0. The van der Waals surface area contributed by atoms with Crippen LogP contribution >= 0.6 is 0 Å². The summed E-state index contributed by atoms with van der Waals surface area (Å²) in [5, 5.41) is 9.25. The van der Waals surface area contributed by atoms with Gasteiger partial charge in [0.05, 0.1) is 5.56 Å². The van der Waals surface area contributed by atoms with Gasteiger partial charge >= 0.3 is 5.97 Å². The molecule has 1 atom stereocenters. The molecular formula is C16H16O2. The molecule has 2 aromatic rings. The van der Waals surface area contributed by atoms with E-state index in [2.05, 4.69) is 0 Å². The molecule has 0 aliphatic rings. The molecule has 0 amide bonds. The quantitative estimate of drug-likeness (QED) is 0.884. The predicted octanol–water partition coefficient (Wildman–Crippen LogP) is 3.85. The van der Waals surface area contributed by atoms with Gasteiger partial charge in [0.1, 0.15) is 0 Å². The fourth-order valence-corrected chi connectivity index (χ4v) is 2.16. The lowest BCUT2D eigenvalue weighted by molar-refractivity contribution is 0.0695. The molecule has 0 heterocycles. The number of benzene rings is 2. The highest BCUT2D eigenvalue weighted by molar-refractivity contribution is 5.89. The first kappa shape index (κ1) is 12.4. The maximum atomic E-state index is 11.3. The molecule has 2 heteroatoms. The molecule has 18 heavy (non-hydrogen) atoms. The Kier molecular flexibility index (Phi) is 3.47. The van der Waals surface area contributed by atoms with Crippen molar-refractivity contribution in [3.8, 4) is 0 Å². The standard InChI is InChI=1S/C16H16O2/c1-11-8-9-14(16(17)18)15(10-11)12(2)13-6-4-3-5-7-13/h3-10,12H,1-2H3,(H,17,18). The van der Waals surface area contributed by atoms with Crippen molar-refractivity contribution in [3.63, 3.8) is 0 Å². The average molecular weight is 240 g/mol. The maximum absolute atomic E-state index is 11.3. The minimum absolute atomic E-state index is 0.0807. The number of hydrogen-bond donors (Lipinski definition) is 1. The van der Waals surface area contributed by atoms with E-state index in [1.165, 1.54) is 0 Å². The molecule has 0 aromatic heterocycles. The summed E-state index contributed by atoms with van der Waals surface area (Å²) in [5.41, 5.74) is 3.47. The van der Waals surface area contributed by atoms with Gasteiger partial charge in [0.2, 0.25) is 0 Å². The van der Waals surface area contributed by atoms with Crippen molar-refractivity contribution in [2.45, 2.75) is 19.8 Å². The summed E-state index contributed by atoms with van der Waals surface area (Å²) in [5.74, 6) is -0.787. The fraction of sp³-hybridized carbons (Fsp3) is 0.188. The summed E-state index contributed by atoms with van der Waals surface area (Å²) in [6.07, 6.45) is 0. The fourth-order valence-electron chi connectivity index (χ4n) is 2.16. The van der Waals surface area contributed by atoms with Gasteiger partial charge in [-0.2, -0.15) is 0 Å². The van der Waals surface area contributed by atoms with Gasteiger partial charge in [-0.3, -0.25) is 0 Å². The smallest absolute Gasteiger partial charge is 0.335 e. The molecule has 0 saturated heterocycles. The van der Waals surface area contributed by atoms with Crippen LogP contribution in [0.2, 0.25) is 0 Å². The molecule has 2 aromatic carbocycles. The van der Waals surface area contributed by atoms with Crippen LogP contribution in [0.25, 0.3) is 0 Å². The molecule has 0 aliphatic heterocycles. The minimum atomic E-state index is -0.868. The van der Waals surface area contributed by atoms with Crippen molar-refractivity contribution in [1.29, 1.82) is 0 Å². The summed E-state index contributed by atoms with van der Waals surface area (Å²) < 4.78 is 0. The lowest BCUT2D eigenvalue weighted by Crippen LogP contribution is -2.06. The van der Waals surface area contributed by atoms with E-state index < -0.39 is 5.97 Å². The van der Waals surface area contributed by atoms with Crippen LogP contribution in [-0.4, -0.2) is 11.1 Å². The van der Waals surface area contributed by atoms with Gasteiger partial charge in [0.15, 0.2) is 0 Å². The number of carboxylic acid groups (broad SMARTS) is 1. The Morgan fingerprint density at radius 3 is 2.39 bits per heavy atom. The Labute approximate surface area is 107 Å². The summed E-state index contributed by atoms with van der Waals surface area (Å²) in [6, 6.07) is 15.4. The van der Waals surface area contributed by atoms with E-state index >= 15 is 0 Å². The third kappa shape index (κ3) is 2.43.